The van der Waals surface area contributed by atoms with Crippen LogP contribution in [-0.2, 0) is 16.1 Å². The number of carbonyl (C=O) groups excluding carboxylic acids is 2. The van der Waals surface area contributed by atoms with Gasteiger partial charge < -0.3 is 15.4 Å². The number of rotatable bonds is 5. The third-order valence-electron chi connectivity index (χ3n) is 4.31. The van der Waals surface area contributed by atoms with E-state index in [4.69, 9.17) is 16.3 Å². The van der Waals surface area contributed by atoms with Crippen LogP contribution in [0.4, 0.5) is 5.69 Å². The summed E-state index contributed by atoms with van der Waals surface area (Å²) in [6, 6.07) is 6.86. The summed E-state index contributed by atoms with van der Waals surface area (Å²) in [4.78, 5) is 24.9. The lowest BCUT2D eigenvalue weighted by molar-refractivity contribution is -0.146. The molecule has 7 nitrogen and oxygen atoms in total. The van der Waals surface area contributed by atoms with Gasteiger partial charge in [-0.25, -0.2) is 0 Å². The van der Waals surface area contributed by atoms with E-state index in [0.717, 1.165) is 11.4 Å². The Hall–Kier alpha value is -2.54. The van der Waals surface area contributed by atoms with Gasteiger partial charge in [0.25, 0.3) is 17.4 Å². The van der Waals surface area contributed by atoms with Crippen LogP contribution < -0.4 is 15.4 Å². The van der Waals surface area contributed by atoms with E-state index in [1.54, 1.807) is 18.2 Å². The molecule has 0 spiro atoms. The average Bonchev–Trinajstić information content (AvgIpc) is 2.90. The lowest BCUT2D eigenvalue weighted by Crippen LogP contribution is -2.58. The molecule has 2 aromatic rings. The van der Waals surface area contributed by atoms with Gasteiger partial charge in [-0.15, -0.1) is 0 Å². The highest BCUT2D eigenvalue weighted by molar-refractivity contribution is 6.31. The molecule has 2 heterocycles. The van der Waals surface area contributed by atoms with Crippen molar-refractivity contribution < 1.29 is 14.3 Å². The fraction of sp³-hybridized carbons (Fsp3) is 0.389. The molecule has 2 amide bonds. The number of benzene rings is 1. The van der Waals surface area contributed by atoms with Crippen LogP contribution in [0.25, 0.3) is 0 Å². The molecule has 26 heavy (non-hydrogen) atoms. The van der Waals surface area contributed by atoms with Gasteiger partial charge >= 0.3 is 0 Å². The number of hydrogen-bond donors (Lipinski definition) is 2. The van der Waals surface area contributed by atoms with Gasteiger partial charge in [-0.3, -0.25) is 14.3 Å². The predicted molar refractivity (Wildman–Crippen MR) is 98.4 cm³/mol. The zero-order valence-corrected chi connectivity index (χ0v) is 15.7. The van der Waals surface area contributed by atoms with Crippen molar-refractivity contribution in [2.45, 2.75) is 39.3 Å². The van der Waals surface area contributed by atoms with E-state index in [0.29, 0.717) is 36.0 Å². The highest BCUT2D eigenvalue weighted by atomic mass is 35.5. The van der Waals surface area contributed by atoms with Gasteiger partial charge in [0.05, 0.1) is 11.4 Å². The molecule has 8 heteroatoms. The predicted octanol–water partition coefficient (Wildman–Crippen LogP) is 2.45. The molecule has 138 valence electrons. The van der Waals surface area contributed by atoms with E-state index >= 15 is 0 Å². The second-order valence-corrected chi connectivity index (χ2v) is 6.93. The number of fused-ring (bicyclic) bond motifs is 1. The Morgan fingerprint density at radius 3 is 2.85 bits per heavy atom. The highest BCUT2D eigenvalue weighted by Crippen LogP contribution is 2.35. The lowest BCUT2D eigenvalue weighted by atomic mass is 10.0. The standard InChI is InChI=1S/C18H21ClN4O3/c1-11-9-12(2)23(22-11)8-4-7-20-16(24)18(3)17(25)21-14-10-13(19)5-6-15(14)26-18/h5-6,9-10H,4,7-8H2,1-3H3,(H,20,24)(H,21,25). The van der Waals surface area contributed by atoms with Crippen LogP contribution in [0.2, 0.25) is 5.02 Å². The minimum absolute atomic E-state index is 0.411. The fourth-order valence-electron chi connectivity index (χ4n) is 2.85. The molecule has 1 atom stereocenters. The van der Waals surface area contributed by atoms with Gasteiger partial charge in [-0.05, 0) is 51.5 Å². The van der Waals surface area contributed by atoms with Gasteiger partial charge in [0.15, 0.2) is 0 Å². The van der Waals surface area contributed by atoms with Crippen molar-refractivity contribution in [1.82, 2.24) is 15.1 Å². The third-order valence-corrected chi connectivity index (χ3v) is 4.54. The molecule has 1 aromatic carbocycles. The molecule has 0 bridgehead atoms. The number of halogens is 1. The Morgan fingerprint density at radius 2 is 2.15 bits per heavy atom. The van der Waals surface area contributed by atoms with Gasteiger partial charge in [-0.2, -0.15) is 5.10 Å². The molecule has 1 aliphatic heterocycles. The lowest BCUT2D eigenvalue weighted by Gasteiger charge is -2.33. The second-order valence-electron chi connectivity index (χ2n) is 6.49. The van der Waals surface area contributed by atoms with Crippen molar-refractivity contribution >= 4 is 29.1 Å². The summed E-state index contributed by atoms with van der Waals surface area (Å²) in [5, 5.41) is 10.3. The number of aryl methyl sites for hydroxylation is 3. The van der Waals surface area contributed by atoms with Crippen LogP contribution in [0.5, 0.6) is 5.75 Å². The molecule has 1 unspecified atom stereocenters. The Kier molecular flexibility index (Phi) is 4.91. The zero-order chi connectivity index (χ0) is 18.9. The first-order valence-electron chi connectivity index (χ1n) is 8.39. The Morgan fingerprint density at radius 1 is 1.38 bits per heavy atom. The molecule has 0 aliphatic carbocycles. The molecule has 0 radical (unpaired) electrons. The summed E-state index contributed by atoms with van der Waals surface area (Å²) in [6.07, 6.45) is 0.692. The number of anilines is 1. The number of ether oxygens (including phenoxy) is 1. The van der Waals surface area contributed by atoms with Crippen LogP contribution in [-0.4, -0.2) is 33.7 Å². The van der Waals surface area contributed by atoms with E-state index in [1.807, 2.05) is 24.6 Å². The topological polar surface area (TPSA) is 85.3 Å². The molecular formula is C18H21ClN4O3. The first-order valence-corrected chi connectivity index (χ1v) is 8.77. The summed E-state index contributed by atoms with van der Waals surface area (Å²) in [5.74, 6) is -0.596. The summed E-state index contributed by atoms with van der Waals surface area (Å²) >= 11 is 5.91. The summed E-state index contributed by atoms with van der Waals surface area (Å²) in [6.45, 7) is 6.48. The minimum Gasteiger partial charge on any atom is -0.466 e. The number of nitrogens with zero attached hydrogens (tertiary/aromatic N) is 2. The molecule has 0 fully saturated rings. The fourth-order valence-corrected chi connectivity index (χ4v) is 3.02. The van der Waals surface area contributed by atoms with Crippen LogP contribution in [0, 0.1) is 13.8 Å². The van der Waals surface area contributed by atoms with E-state index in [1.165, 1.54) is 6.92 Å². The molecule has 2 N–H and O–H groups in total. The average molecular weight is 377 g/mol. The SMILES string of the molecule is Cc1cc(C)n(CCCNC(=O)C2(C)Oc3ccc(Cl)cc3NC2=O)n1. The number of aromatic nitrogens is 2. The van der Waals surface area contributed by atoms with Crippen LogP contribution in [0.1, 0.15) is 24.7 Å². The number of carbonyl (C=O) groups is 2. The zero-order valence-electron chi connectivity index (χ0n) is 14.9. The highest BCUT2D eigenvalue weighted by Gasteiger charge is 2.47. The molecule has 1 aliphatic rings. The molecular weight excluding hydrogens is 356 g/mol. The Bertz CT molecular complexity index is 864. The monoisotopic (exact) mass is 376 g/mol. The molecule has 0 saturated carbocycles. The molecule has 0 saturated heterocycles. The quantitative estimate of drug-likeness (QED) is 0.620. The first-order chi connectivity index (χ1) is 12.3. The maximum Gasteiger partial charge on any atom is 0.278 e. The van der Waals surface area contributed by atoms with Crippen LogP contribution >= 0.6 is 11.6 Å². The van der Waals surface area contributed by atoms with Gasteiger partial charge in [0.1, 0.15) is 5.75 Å². The summed E-state index contributed by atoms with van der Waals surface area (Å²) in [5.41, 5.74) is 0.868. The van der Waals surface area contributed by atoms with Crippen LogP contribution in [0.3, 0.4) is 0 Å². The van der Waals surface area contributed by atoms with Gasteiger partial charge in [0.2, 0.25) is 0 Å². The third kappa shape index (κ3) is 3.53. The summed E-state index contributed by atoms with van der Waals surface area (Å²) < 4.78 is 7.58. The van der Waals surface area contributed by atoms with Crippen molar-refractivity contribution in [3.8, 4) is 5.75 Å². The Balaban J connectivity index is 1.59. The molecule has 1 aromatic heterocycles. The number of hydrogen-bond acceptors (Lipinski definition) is 4. The van der Waals surface area contributed by atoms with Crippen molar-refractivity contribution in [3.63, 3.8) is 0 Å². The minimum atomic E-state index is -1.63. The van der Waals surface area contributed by atoms with Crippen molar-refractivity contribution in [2.75, 3.05) is 11.9 Å². The van der Waals surface area contributed by atoms with Crippen LogP contribution in [0.15, 0.2) is 24.3 Å². The smallest absolute Gasteiger partial charge is 0.278 e. The normalized spacial score (nSPS) is 18.7. The summed E-state index contributed by atoms with van der Waals surface area (Å²) in [7, 11) is 0. The van der Waals surface area contributed by atoms with Crippen molar-refractivity contribution in [3.05, 3.63) is 40.7 Å². The van der Waals surface area contributed by atoms with Gasteiger partial charge in [0, 0.05) is 23.8 Å². The van der Waals surface area contributed by atoms with E-state index in [9.17, 15) is 9.59 Å². The van der Waals surface area contributed by atoms with Crippen molar-refractivity contribution in [2.24, 2.45) is 0 Å². The van der Waals surface area contributed by atoms with E-state index in [-0.39, 0.29) is 0 Å². The maximum absolute atomic E-state index is 12.5. The van der Waals surface area contributed by atoms with Gasteiger partial charge in [-0.1, -0.05) is 11.6 Å². The Labute approximate surface area is 156 Å². The largest absolute Gasteiger partial charge is 0.466 e. The number of amides is 2. The van der Waals surface area contributed by atoms with E-state index < -0.39 is 17.4 Å². The van der Waals surface area contributed by atoms with Crippen molar-refractivity contribution in [1.29, 1.82) is 0 Å². The van der Waals surface area contributed by atoms with E-state index in [2.05, 4.69) is 15.7 Å². The first kappa shape index (κ1) is 18.3. The number of nitrogens with one attached hydrogen (secondary N) is 2. The second kappa shape index (κ2) is 6.99. The maximum atomic E-state index is 12.5. The molecule has 3 rings (SSSR count).